The summed E-state index contributed by atoms with van der Waals surface area (Å²) in [5.41, 5.74) is 12.8. The van der Waals surface area contributed by atoms with Gasteiger partial charge in [-0.3, -0.25) is 0 Å². The number of nitrogens with two attached hydrogens (primary N) is 1. The molecule has 0 amide bonds. The molecular weight excluding hydrogens is 258 g/mol. The Kier molecular flexibility index (Phi) is 5.03. The number of rotatable bonds is 5. The normalized spacial score (nSPS) is 12.2. The zero-order valence-electron chi connectivity index (χ0n) is 13.4. The monoisotopic (exact) mass is 283 g/mol. The molecule has 2 aromatic carbocycles. The van der Waals surface area contributed by atoms with Crippen molar-refractivity contribution >= 4 is 0 Å². The SMILES string of the molecule is COc1ccc(CC(CN)c2c(C)cc(C)cc2C)cc1. The summed E-state index contributed by atoms with van der Waals surface area (Å²) >= 11 is 0. The van der Waals surface area contributed by atoms with Crippen LogP contribution in [0.25, 0.3) is 0 Å². The summed E-state index contributed by atoms with van der Waals surface area (Å²) in [5.74, 6) is 1.25. The van der Waals surface area contributed by atoms with Crippen molar-refractivity contribution in [1.29, 1.82) is 0 Å². The molecule has 0 heterocycles. The summed E-state index contributed by atoms with van der Waals surface area (Å²) in [6.07, 6.45) is 0.964. The second-order valence-corrected chi connectivity index (χ2v) is 5.80. The quantitative estimate of drug-likeness (QED) is 0.903. The highest BCUT2D eigenvalue weighted by Crippen LogP contribution is 2.28. The number of ether oxygens (including phenoxy) is 1. The van der Waals surface area contributed by atoms with Crippen LogP contribution in [0, 0.1) is 20.8 Å². The summed E-state index contributed by atoms with van der Waals surface area (Å²) in [6, 6.07) is 12.8. The average molecular weight is 283 g/mol. The fourth-order valence-electron chi connectivity index (χ4n) is 3.18. The van der Waals surface area contributed by atoms with Crippen LogP contribution in [0.3, 0.4) is 0 Å². The first-order valence-electron chi connectivity index (χ1n) is 7.46. The number of hydrogen-bond acceptors (Lipinski definition) is 2. The van der Waals surface area contributed by atoms with E-state index in [-0.39, 0.29) is 0 Å². The first-order chi connectivity index (χ1) is 10.0. The van der Waals surface area contributed by atoms with Gasteiger partial charge in [0.1, 0.15) is 5.75 Å². The summed E-state index contributed by atoms with van der Waals surface area (Å²) < 4.78 is 5.21. The molecule has 2 rings (SSSR count). The van der Waals surface area contributed by atoms with Crippen molar-refractivity contribution in [2.24, 2.45) is 5.73 Å². The predicted molar refractivity (Wildman–Crippen MR) is 89.1 cm³/mol. The van der Waals surface area contributed by atoms with Crippen LogP contribution < -0.4 is 10.5 Å². The molecule has 0 aliphatic carbocycles. The van der Waals surface area contributed by atoms with E-state index in [0.29, 0.717) is 12.5 Å². The van der Waals surface area contributed by atoms with E-state index < -0.39 is 0 Å². The first-order valence-corrected chi connectivity index (χ1v) is 7.46. The van der Waals surface area contributed by atoms with Crippen LogP contribution in [0.1, 0.15) is 33.7 Å². The second-order valence-electron chi connectivity index (χ2n) is 5.80. The zero-order chi connectivity index (χ0) is 15.4. The van der Waals surface area contributed by atoms with Crippen molar-refractivity contribution in [1.82, 2.24) is 0 Å². The molecule has 112 valence electrons. The average Bonchev–Trinajstić information content (AvgIpc) is 2.45. The standard InChI is InChI=1S/C19H25NO/c1-13-9-14(2)19(15(3)10-13)17(12-20)11-16-5-7-18(21-4)8-6-16/h5-10,17H,11-12,20H2,1-4H3. The minimum Gasteiger partial charge on any atom is -0.497 e. The van der Waals surface area contributed by atoms with E-state index in [4.69, 9.17) is 10.5 Å². The third-order valence-electron chi connectivity index (χ3n) is 4.07. The zero-order valence-corrected chi connectivity index (χ0v) is 13.4. The van der Waals surface area contributed by atoms with Crippen molar-refractivity contribution in [2.75, 3.05) is 13.7 Å². The van der Waals surface area contributed by atoms with Gasteiger partial charge in [0.2, 0.25) is 0 Å². The van der Waals surface area contributed by atoms with Crippen LogP contribution >= 0.6 is 0 Å². The maximum absolute atomic E-state index is 6.06. The molecule has 2 N–H and O–H groups in total. The second kappa shape index (κ2) is 6.77. The maximum atomic E-state index is 6.06. The van der Waals surface area contributed by atoms with E-state index in [0.717, 1.165) is 12.2 Å². The van der Waals surface area contributed by atoms with Crippen LogP contribution in [0.4, 0.5) is 0 Å². The lowest BCUT2D eigenvalue weighted by molar-refractivity contribution is 0.414. The smallest absolute Gasteiger partial charge is 0.118 e. The Morgan fingerprint density at radius 3 is 2.05 bits per heavy atom. The molecule has 1 unspecified atom stereocenters. The predicted octanol–water partition coefficient (Wildman–Crippen LogP) is 3.91. The summed E-state index contributed by atoms with van der Waals surface area (Å²) in [4.78, 5) is 0. The van der Waals surface area contributed by atoms with E-state index in [9.17, 15) is 0 Å². The highest BCUT2D eigenvalue weighted by molar-refractivity contribution is 5.41. The third-order valence-corrected chi connectivity index (χ3v) is 4.07. The fourth-order valence-corrected chi connectivity index (χ4v) is 3.18. The van der Waals surface area contributed by atoms with Crippen LogP contribution in [0.2, 0.25) is 0 Å². The van der Waals surface area contributed by atoms with Gasteiger partial charge in [-0.05, 0) is 68.1 Å². The molecular formula is C19H25NO. The van der Waals surface area contributed by atoms with Crippen molar-refractivity contribution < 1.29 is 4.74 Å². The summed E-state index contributed by atoms with van der Waals surface area (Å²) in [6.45, 7) is 7.18. The number of benzene rings is 2. The molecule has 2 aromatic rings. The van der Waals surface area contributed by atoms with E-state index in [1.165, 1.54) is 27.8 Å². The number of methoxy groups -OCH3 is 1. The van der Waals surface area contributed by atoms with Gasteiger partial charge in [-0.2, -0.15) is 0 Å². The topological polar surface area (TPSA) is 35.2 Å². The molecule has 0 aromatic heterocycles. The molecule has 0 bridgehead atoms. The lowest BCUT2D eigenvalue weighted by atomic mass is 9.85. The van der Waals surface area contributed by atoms with Crippen molar-refractivity contribution in [3.05, 3.63) is 64.2 Å². The molecule has 0 fully saturated rings. The Bertz CT molecular complexity index is 578. The third kappa shape index (κ3) is 3.64. The first kappa shape index (κ1) is 15.6. The van der Waals surface area contributed by atoms with E-state index >= 15 is 0 Å². The molecule has 0 saturated heterocycles. The van der Waals surface area contributed by atoms with Crippen molar-refractivity contribution in [2.45, 2.75) is 33.1 Å². The van der Waals surface area contributed by atoms with Gasteiger partial charge in [-0.25, -0.2) is 0 Å². The fraction of sp³-hybridized carbons (Fsp3) is 0.368. The lowest BCUT2D eigenvalue weighted by Gasteiger charge is -2.21. The minimum absolute atomic E-state index is 0.360. The largest absolute Gasteiger partial charge is 0.497 e. The van der Waals surface area contributed by atoms with Crippen molar-refractivity contribution in [3.8, 4) is 5.75 Å². The molecule has 21 heavy (non-hydrogen) atoms. The molecule has 1 atom stereocenters. The molecule has 0 spiro atoms. The van der Waals surface area contributed by atoms with E-state index in [1.54, 1.807) is 7.11 Å². The Hall–Kier alpha value is -1.80. The van der Waals surface area contributed by atoms with Gasteiger partial charge in [-0.15, -0.1) is 0 Å². The maximum Gasteiger partial charge on any atom is 0.118 e. The van der Waals surface area contributed by atoms with Gasteiger partial charge in [-0.1, -0.05) is 29.8 Å². The minimum atomic E-state index is 0.360. The van der Waals surface area contributed by atoms with Gasteiger partial charge >= 0.3 is 0 Å². The molecule has 0 aliphatic heterocycles. The summed E-state index contributed by atoms with van der Waals surface area (Å²) in [5, 5.41) is 0. The van der Waals surface area contributed by atoms with Gasteiger partial charge in [0, 0.05) is 5.92 Å². The molecule has 2 heteroatoms. The van der Waals surface area contributed by atoms with Crippen LogP contribution in [-0.4, -0.2) is 13.7 Å². The highest BCUT2D eigenvalue weighted by Gasteiger charge is 2.16. The van der Waals surface area contributed by atoms with E-state index in [1.807, 2.05) is 12.1 Å². The van der Waals surface area contributed by atoms with Crippen LogP contribution in [-0.2, 0) is 6.42 Å². The van der Waals surface area contributed by atoms with E-state index in [2.05, 4.69) is 45.0 Å². The van der Waals surface area contributed by atoms with Gasteiger partial charge in [0.25, 0.3) is 0 Å². The number of aryl methyl sites for hydroxylation is 3. The number of hydrogen-bond donors (Lipinski definition) is 1. The van der Waals surface area contributed by atoms with Gasteiger partial charge in [0.15, 0.2) is 0 Å². The van der Waals surface area contributed by atoms with Crippen LogP contribution in [0.15, 0.2) is 36.4 Å². The molecule has 0 saturated carbocycles. The van der Waals surface area contributed by atoms with Gasteiger partial charge in [0.05, 0.1) is 7.11 Å². The Balaban J connectivity index is 2.27. The van der Waals surface area contributed by atoms with Gasteiger partial charge < -0.3 is 10.5 Å². The molecule has 2 nitrogen and oxygen atoms in total. The molecule has 0 radical (unpaired) electrons. The Labute approximate surface area is 127 Å². The molecule has 0 aliphatic rings. The Morgan fingerprint density at radius 2 is 1.57 bits per heavy atom. The highest BCUT2D eigenvalue weighted by atomic mass is 16.5. The lowest BCUT2D eigenvalue weighted by Crippen LogP contribution is -2.17. The Morgan fingerprint density at radius 1 is 1.00 bits per heavy atom. The van der Waals surface area contributed by atoms with Crippen molar-refractivity contribution in [3.63, 3.8) is 0 Å². The summed E-state index contributed by atoms with van der Waals surface area (Å²) in [7, 11) is 1.69. The van der Waals surface area contributed by atoms with Crippen LogP contribution in [0.5, 0.6) is 5.75 Å².